The summed E-state index contributed by atoms with van der Waals surface area (Å²) in [6.07, 6.45) is 18.3. The smallest absolute Gasteiger partial charge is 0.243 e. The first-order valence-corrected chi connectivity index (χ1v) is 12.1. The Labute approximate surface area is 197 Å². The average Bonchev–Trinajstić information content (AvgIpc) is 3.59. The Bertz CT molecular complexity index is 831. The van der Waals surface area contributed by atoms with Crippen molar-refractivity contribution in [3.8, 4) is 0 Å². The van der Waals surface area contributed by atoms with E-state index in [0.29, 0.717) is 12.3 Å². The molecule has 0 radical (unpaired) electrons. The Morgan fingerprint density at radius 2 is 1.97 bits per heavy atom. The molecule has 7 nitrogen and oxygen atoms in total. The molecule has 3 aliphatic rings. The van der Waals surface area contributed by atoms with Crippen LogP contribution >= 0.6 is 0 Å². The summed E-state index contributed by atoms with van der Waals surface area (Å²) in [5, 5.41) is 8.51. The lowest BCUT2D eigenvalue weighted by atomic mass is 9.87. The fraction of sp³-hybridized carbons (Fsp3) is 0.615. The number of allylic oxidation sites excluding steroid dienone is 4. The number of nitrogens with one attached hydrogen (secondary N) is 1. The van der Waals surface area contributed by atoms with Gasteiger partial charge in [0, 0.05) is 31.5 Å². The standard InChI is InChI=1S/C26H39N3O4/c1-18-10-9-11-19(2)24(18)29(20(3)30)22-15-13-21(14-16-22)25-26(33-25)28(4)17-8-6-5-7-12-23(31)27-32/h9-11,13,15-16,18,21,24-26,32H,5-8,12,14,17H2,1-4H3,(H,27,31). The van der Waals surface area contributed by atoms with Crippen molar-refractivity contribution in [2.24, 2.45) is 11.8 Å². The molecule has 2 N–H and O–H groups in total. The van der Waals surface area contributed by atoms with Gasteiger partial charge in [0.2, 0.25) is 11.8 Å². The summed E-state index contributed by atoms with van der Waals surface area (Å²) in [6.45, 7) is 6.87. The van der Waals surface area contributed by atoms with Gasteiger partial charge in [-0.25, -0.2) is 5.48 Å². The van der Waals surface area contributed by atoms with Gasteiger partial charge in [-0.15, -0.1) is 0 Å². The molecule has 1 saturated heterocycles. The zero-order chi connectivity index (χ0) is 24.0. The van der Waals surface area contributed by atoms with Crippen LogP contribution in [0.3, 0.4) is 0 Å². The second-order valence-electron chi connectivity index (χ2n) is 9.55. The van der Waals surface area contributed by atoms with Crippen molar-refractivity contribution in [2.75, 3.05) is 13.6 Å². The number of hydrogen-bond donors (Lipinski definition) is 2. The molecule has 7 heteroatoms. The van der Waals surface area contributed by atoms with Gasteiger partial charge in [-0.05, 0) is 50.8 Å². The Morgan fingerprint density at radius 1 is 1.21 bits per heavy atom. The Kier molecular flexibility index (Phi) is 9.06. The number of epoxide rings is 1. The van der Waals surface area contributed by atoms with Crippen molar-refractivity contribution in [3.05, 3.63) is 47.7 Å². The fourth-order valence-electron chi connectivity index (χ4n) is 4.99. The van der Waals surface area contributed by atoms with Crippen molar-refractivity contribution < 1.29 is 19.5 Å². The lowest BCUT2D eigenvalue weighted by molar-refractivity contribution is -0.129. The quantitative estimate of drug-likeness (QED) is 0.213. The minimum absolute atomic E-state index is 0.0639. The highest BCUT2D eigenvalue weighted by molar-refractivity contribution is 5.77. The van der Waals surface area contributed by atoms with Crippen LogP contribution in [-0.4, -0.2) is 58.8 Å². The minimum atomic E-state index is -0.317. The van der Waals surface area contributed by atoms with Gasteiger partial charge >= 0.3 is 0 Å². The van der Waals surface area contributed by atoms with Crippen molar-refractivity contribution in [1.29, 1.82) is 0 Å². The summed E-state index contributed by atoms with van der Waals surface area (Å²) in [6, 6.07) is 0.0639. The summed E-state index contributed by atoms with van der Waals surface area (Å²) in [4.78, 5) is 27.8. The molecule has 0 aromatic carbocycles. The molecule has 33 heavy (non-hydrogen) atoms. The third-order valence-corrected chi connectivity index (χ3v) is 6.89. The van der Waals surface area contributed by atoms with Crippen LogP contribution in [-0.2, 0) is 14.3 Å². The van der Waals surface area contributed by atoms with Crippen LogP contribution < -0.4 is 5.48 Å². The number of likely N-dealkylation sites (N-methyl/N-ethyl adjacent to an activating group) is 1. The number of hydrogen-bond acceptors (Lipinski definition) is 5. The number of carbonyl (C=O) groups is 2. The molecular weight excluding hydrogens is 418 g/mol. The van der Waals surface area contributed by atoms with Gasteiger partial charge in [-0.1, -0.05) is 50.1 Å². The predicted molar refractivity (Wildman–Crippen MR) is 128 cm³/mol. The van der Waals surface area contributed by atoms with E-state index in [0.717, 1.165) is 44.3 Å². The number of rotatable bonds is 11. The van der Waals surface area contributed by atoms with Gasteiger partial charge in [0.1, 0.15) is 12.3 Å². The van der Waals surface area contributed by atoms with Gasteiger partial charge in [-0.2, -0.15) is 0 Å². The molecule has 0 aromatic heterocycles. The van der Waals surface area contributed by atoms with Crippen LogP contribution in [0.1, 0.15) is 59.3 Å². The van der Waals surface area contributed by atoms with E-state index in [-0.39, 0.29) is 36.1 Å². The molecule has 1 fully saturated rings. The molecular formula is C26H39N3O4. The first-order valence-electron chi connectivity index (χ1n) is 12.1. The van der Waals surface area contributed by atoms with Gasteiger partial charge in [0.15, 0.2) is 0 Å². The van der Waals surface area contributed by atoms with Crippen molar-refractivity contribution in [3.63, 3.8) is 0 Å². The SMILES string of the molecule is CC(=O)N(C1=CCC(C2OC2N(C)CCCCCCC(=O)NO)C=C1)C1C(C)=CC=CC1C. The summed E-state index contributed by atoms with van der Waals surface area (Å²) in [7, 11) is 2.10. The zero-order valence-electron chi connectivity index (χ0n) is 20.4. The van der Waals surface area contributed by atoms with E-state index in [2.05, 4.69) is 62.3 Å². The van der Waals surface area contributed by atoms with Crippen LogP contribution in [0.5, 0.6) is 0 Å². The summed E-state index contributed by atoms with van der Waals surface area (Å²) < 4.78 is 6.00. The first kappa shape index (κ1) is 25.4. The second kappa shape index (κ2) is 11.8. The van der Waals surface area contributed by atoms with E-state index in [1.165, 1.54) is 5.57 Å². The van der Waals surface area contributed by atoms with Crippen molar-refractivity contribution in [1.82, 2.24) is 15.3 Å². The van der Waals surface area contributed by atoms with Gasteiger partial charge in [0.25, 0.3) is 0 Å². The van der Waals surface area contributed by atoms with Gasteiger partial charge in [-0.3, -0.25) is 19.7 Å². The van der Waals surface area contributed by atoms with E-state index >= 15 is 0 Å². The Morgan fingerprint density at radius 3 is 2.61 bits per heavy atom. The van der Waals surface area contributed by atoms with E-state index in [1.54, 1.807) is 12.4 Å². The molecule has 5 atom stereocenters. The molecule has 1 heterocycles. The number of nitrogens with zero attached hydrogens (tertiary/aromatic N) is 2. The lowest BCUT2D eigenvalue weighted by Gasteiger charge is -2.38. The highest BCUT2D eigenvalue weighted by atomic mass is 16.6. The third-order valence-electron chi connectivity index (χ3n) is 6.89. The average molecular weight is 458 g/mol. The molecule has 2 amide bonds. The first-order chi connectivity index (χ1) is 15.8. The van der Waals surface area contributed by atoms with Crippen molar-refractivity contribution in [2.45, 2.75) is 77.7 Å². The second-order valence-corrected chi connectivity index (χ2v) is 9.55. The predicted octanol–water partition coefficient (Wildman–Crippen LogP) is 3.93. The van der Waals surface area contributed by atoms with Gasteiger partial charge < -0.3 is 9.64 Å². The Hall–Kier alpha value is -2.22. The topological polar surface area (TPSA) is 85.4 Å². The molecule has 3 rings (SSSR count). The summed E-state index contributed by atoms with van der Waals surface area (Å²) >= 11 is 0. The van der Waals surface area contributed by atoms with Crippen LogP contribution in [0.4, 0.5) is 0 Å². The fourth-order valence-corrected chi connectivity index (χ4v) is 4.99. The maximum absolute atomic E-state index is 12.6. The van der Waals surface area contributed by atoms with E-state index < -0.39 is 0 Å². The van der Waals surface area contributed by atoms with Gasteiger partial charge in [0.05, 0.1) is 6.04 Å². The lowest BCUT2D eigenvalue weighted by Crippen LogP contribution is -2.43. The highest BCUT2D eigenvalue weighted by Gasteiger charge is 2.46. The largest absolute Gasteiger partial charge is 0.352 e. The van der Waals surface area contributed by atoms with Crippen molar-refractivity contribution >= 4 is 11.8 Å². The maximum Gasteiger partial charge on any atom is 0.243 e. The third kappa shape index (κ3) is 6.65. The normalized spacial score (nSPS) is 28.4. The molecule has 0 spiro atoms. The molecule has 0 aromatic rings. The van der Waals surface area contributed by atoms with E-state index in [9.17, 15) is 9.59 Å². The highest BCUT2D eigenvalue weighted by Crippen LogP contribution is 2.38. The molecule has 0 saturated carbocycles. The minimum Gasteiger partial charge on any atom is -0.352 e. The van der Waals surface area contributed by atoms with E-state index in [1.807, 2.05) is 4.90 Å². The molecule has 1 aliphatic heterocycles. The maximum atomic E-state index is 12.6. The summed E-state index contributed by atoms with van der Waals surface area (Å²) in [5.74, 6) is 0.360. The van der Waals surface area contributed by atoms with Crippen LogP contribution in [0.2, 0.25) is 0 Å². The Balaban J connectivity index is 1.44. The van der Waals surface area contributed by atoms with E-state index in [4.69, 9.17) is 9.94 Å². The molecule has 182 valence electrons. The zero-order valence-corrected chi connectivity index (χ0v) is 20.4. The van der Waals surface area contributed by atoms with Crippen LogP contribution in [0.25, 0.3) is 0 Å². The monoisotopic (exact) mass is 457 g/mol. The number of unbranched alkanes of at least 4 members (excludes halogenated alkanes) is 3. The van der Waals surface area contributed by atoms with Crippen LogP contribution in [0.15, 0.2) is 47.7 Å². The van der Waals surface area contributed by atoms with Crippen LogP contribution in [0, 0.1) is 11.8 Å². The summed E-state index contributed by atoms with van der Waals surface area (Å²) in [5.41, 5.74) is 3.86. The number of carbonyl (C=O) groups excluding carboxylic acids is 2. The molecule has 5 unspecified atom stereocenters. The number of amides is 2. The number of hydroxylamine groups is 1. The molecule has 2 aliphatic carbocycles. The molecule has 0 bridgehead atoms. The number of ether oxygens (including phenoxy) is 1.